The molecule has 0 unspecified atom stereocenters. The van der Waals surface area contributed by atoms with Crippen LogP contribution in [0.2, 0.25) is 0 Å². The van der Waals surface area contributed by atoms with E-state index in [1.165, 1.54) is 0 Å². The second-order valence-electron chi connectivity index (χ2n) is 4.54. The van der Waals surface area contributed by atoms with Gasteiger partial charge in [-0.1, -0.05) is 19.9 Å². The van der Waals surface area contributed by atoms with E-state index in [-0.39, 0.29) is 0 Å². The Morgan fingerprint density at radius 3 is 2.72 bits per heavy atom. The first-order valence-electron chi connectivity index (χ1n) is 6.13. The van der Waals surface area contributed by atoms with Gasteiger partial charge in [0.1, 0.15) is 11.6 Å². The zero-order valence-electron chi connectivity index (χ0n) is 11.0. The Hall–Kier alpha value is -1.97. The van der Waals surface area contributed by atoms with Crippen molar-refractivity contribution in [3.63, 3.8) is 0 Å². The molecule has 2 aromatic heterocycles. The van der Waals surface area contributed by atoms with Gasteiger partial charge in [0, 0.05) is 37.6 Å². The minimum atomic E-state index is 0.396. The lowest BCUT2D eigenvalue weighted by Crippen LogP contribution is -2.05. The zero-order chi connectivity index (χ0) is 13.0. The minimum Gasteiger partial charge on any atom is -0.373 e. The molecule has 0 spiro atoms. The Morgan fingerprint density at radius 1 is 1.28 bits per heavy atom. The summed E-state index contributed by atoms with van der Waals surface area (Å²) < 4.78 is 0. The fourth-order valence-corrected chi connectivity index (χ4v) is 1.71. The molecular weight excluding hydrogens is 224 g/mol. The smallest absolute Gasteiger partial charge is 0.135 e. The fraction of sp³-hybridized carbons (Fsp3) is 0.357. The van der Waals surface area contributed by atoms with E-state index < -0.39 is 0 Å². The second kappa shape index (κ2) is 5.58. The van der Waals surface area contributed by atoms with Gasteiger partial charge in [-0.15, -0.1) is 0 Å². The van der Waals surface area contributed by atoms with Crippen LogP contribution in [-0.4, -0.2) is 22.0 Å². The van der Waals surface area contributed by atoms with Crippen molar-refractivity contribution < 1.29 is 0 Å². The third-order valence-electron chi connectivity index (χ3n) is 2.72. The van der Waals surface area contributed by atoms with Crippen LogP contribution in [0.1, 0.15) is 36.8 Å². The third-order valence-corrected chi connectivity index (χ3v) is 2.72. The van der Waals surface area contributed by atoms with Crippen LogP contribution in [0.25, 0.3) is 0 Å². The van der Waals surface area contributed by atoms with Crippen molar-refractivity contribution in [1.29, 1.82) is 0 Å². The summed E-state index contributed by atoms with van der Waals surface area (Å²) >= 11 is 0. The van der Waals surface area contributed by atoms with E-state index in [1.54, 1.807) is 6.20 Å². The third kappa shape index (κ3) is 3.03. The van der Waals surface area contributed by atoms with Gasteiger partial charge in [0.05, 0.1) is 0 Å². The van der Waals surface area contributed by atoms with Gasteiger partial charge < -0.3 is 5.32 Å². The number of rotatable bonds is 4. The highest BCUT2D eigenvalue weighted by Gasteiger charge is 2.07. The van der Waals surface area contributed by atoms with Crippen molar-refractivity contribution in [3.8, 4) is 0 Å². The summed E-state index contributed by atoms with van der Waals surface area (Å²) in [5.74, 6) is 2.10. The van der Waals surface area contributed by atoms with Crippen molar-refractivity contribution in [2.75, 3.05) is 12.4 Å². The summed E-state index contributed by atoms with van der Waals surface area (Å²) in [6, 6.07) is 5.97. The largest absolute Gasteiger partial charge is 0.373 e. The van der Waals surface area contributed by atoms with Crippen molar-refractivity contribution >= 4 is 5.82 Å². The normalized spacial score (nSPS) is 10.7. The molecule has 4 nitrogen and oxygen atoms in total. The molecule has 0 bridgehead atoms. The molecular formula is C14H18N4. The van der Waals surface area contributed by atoms with Crippen LogP contribution in [-0.2, 0) is 6.42 Å². The van der Waals surface area contributed by atoms with Crippen molar-refractivity contribution in [2.45, 2.75) is 26.2 Å². The van der Waals surface area contributed by atoms with Gasteiger partial charge in [0.25, 0.3) is 0 Å². The highest BCUT2D eigenvalue weighted by atomic mass is 15.0. The molecule has 0 aliphatic rings. The van der Waals surface area contributed by atoms with E-state index in [1.807, 2.05) is 31.4 Å². The molecule has 2 heterocycles. The van der Waals surface area contributed by atoms with Crippen LogP contribution >= 0.6 is 0 Å². The average molecular weight is 242 g/mol. The first-order valence-corrected chi connectivity index (χ1v) is 6.13. The number of nitrogens with zero attached hydrogens (tertiary/aromatic N) is 3. The van der Waals surface area contributed by atoms with E-state index in [4.69, 9.17) is 0 Å². The molecule has 94 valence electrons. The Morgan fingerprint density at radius 2 is 2.11 bits per heavy atom. The average Bonchev–Trinajstić information content (AvgIpc) is 2.39. The Balaban J connectivity index is 2.30. The maximum atomic E-state index is 4.60. The number of hydrogen-bond acceptors (Lipinski definition) is 4. The topological polar surface area (TPSA) is 50.7 Å². The van der Waals surface area contributed by atoms with E-state index in [0.717, 1.165) is 22.9 Å². The van der Waals surface area contributed by atoms with Gasteiger partial charge >= 0.3 is 0 Å². The van der Waals surface area contributed by atoms with E-state index >= 15 is 0 Å². The summed E-state index contributed by atoms with van der Waals surface area (Å²) in [5.41, 5.74) is 2.19. The molecule has 0 atom stereocenters. The minimum absolute atomic E-state index is 0.396. The predicted molar refractivity (Wildman–Crippen MR) is 72.7 cm³/mol. The van der Waals surface area contributed by atoms with Gasteiger partial charge in [0.15, 0.2) is 0 Å². The van der Waals surface area contributed by atoms with Crippen molar-refractivity contribution in [3.05, 3.63) is 47.7 Å². The van der Waals surface area contributed by atoms with Crippen LogP contribution in [0.4, 0.5) is 5.82 Å². The van der Waals surface area contributed by atoms with Crippen molar-refractivity contribution in [2.24, 2.45) is 0 Å². The van der Waals surface area contributed by atoms with Gasteiger partial charge in [-0.3, -0.25) is 4.98 Å². The molecule has 0 amide bonds. The number of pyridine rings is 1. The monoisotopic (exact) mass is 242 g/mol. The summed E-state index contributed by atoms with van der Waals surface area (Å²) in [6.07, 6.45) is 4.33. The van der Waals surface area contributed by atoms with Gasteiger partial charge in [-0.25, -0.2) is 9.97 Å². The molecule has 0 saturated carbocycles. The highest BCUT2D eigenvalue weighted by molar-refractivity contribution is 5.36. The Kier molecular flexibility index (Phi) is 3.87. The molecule has 1 N–H and O–H groups in total. The van der Waals surface area contributed by atoms with Crippen LogP contribution in [0.5, 0.6) is 0 Å². The van der Waals surface area contributed by atoms with Crippen LogP contribution < -0.4 is 5.32 Å². The van der Waals surface area contributed by atoms with Crippen LogP contribution in [0.3, 0.4) is 0 Å². The Labute approximate surface area is 108 Å². The number of nitrogens with one attached hydrogen (secondary N) is 1. The summed E-state index contributed by atoms with van der Waals surface area (Å²) in [7, 11) is 1.88. The molecule has 0 aromatic carbocycles. The molecule has 0 aliphatic carbocycles. The lowest BCUT2D eigenvalue weighted by atomic mass is 10.1. The molecule has 0 saturated heterocycles. The molecule has 0 fully saturated rings. The van der Waals surface area contributed by atoms with Crippen LogP contribution in [0.15, 0.2) is 30.6 Å². The zero-order valence-corrected chi connectivity index (χ0v) is 11.0. The molecule has 0 aliphatic heterocycles. The number of hydrogen-bond donors (Lipinski definition) is 1. The molecule has 0 radical (unpaired) electrons. The summed E-state index contributed by atoms with van der Waals surface area (Å²) in [4.78, 5) is 13.2. The quantitative estimate of drug-likeness (QED) is 0.895. The predicted octanol–water partition coefficient (Wildman–Crippen LogP) is 2.63. The van der Waals surface area contributed by atoms with Gasteiger partial charge in [-0.2, -0.15) is 0 Å². The number of aromatic nitrogens is 3. The van der Waals surface area contributed by atoms with Crippen LogP contribution in [0, 0.1) is 0 Å². The maximum Gasteiger partial charge on any atom is 0.135 e. The van der Waals surface area contributed by atoms with Crippen molar-refractivity contribution in [1.82, 2.24) is 15.0 Å². The lowest BCUT2D eigenvalue weighted by molar-refractivity contribution is 0.792. The fourth-order valence-electron chi connectivity index (χ4n) is 1.71. The molecule has 4 heteroatoms. The summed E-state index contributed by atoms with van der Waals surface area (Å²) in [6.45, 7) is 4.27. The van der Waals surface area contributed by atoms with E-state index in [0.29, 0.717) is 12.3 Å². The second-order valence-corrected chi connectivity index (χ2v) is 4.54. The van der Waals surface area contributed by atoms with E-state index in [9.17, 15) is 0 Å². The molecule has 2 rings (SSSR count). The standard InChI is InChI=1S/C14H18N4/c1-10(2)12-8-13(15-3)18-14(17-12)7-11-5-4-6-16-9-11/h4-6,8-10H,7H2,1-3H3,(H,15,17,18). The number of anilines is 1. The lowest BCUT2D eigenvalue weighted by Gasteiger charge is -2.10. The highest BCUT2D eigenvalue weighted by Crippen LogP contribution is 2.16. The first kappa shape index (κ1) is 12.5. The molecule has 2 aromatic rings. The van der Waals surface area contributed by atoms with E-state index in [2.05, 4.69) is 34.1 Å². The molecule has 18 heavy (non-hydrogen) atoms. The van der Waals surface area contributed by atoms with Gasteiger partial charge in [0.2, 0.25) is 0 Å². The summed E-state index contributed by atoms with van der Waals surface area (Å²) in [5, 5.41) is 3.08. The SMILES string of the molecule is CNc1cc(C(C)C)nc(Cc2cccnc2)n1. The maximum absolute atomic E-state index is 4.60. The van der Waals surface area contributed by atoms with Gasteiger partial charge in [-0.05, 0) is 17.5 Å². The Bertz CT molecular complexity index is 508. The first-order chi connectivity index (χ1) is 8.69.